The fourth-order valence-electron chi connectivity index (χ4n) is 4.01. The highest BCUT2D eigenvalue weighted by atomic mass is 32.1. The van der Waals surface area contributed by atoms with Crippen LogP contribution in [0.5, 0.6) is 5.75 Å². The Bertz CT molecular complexity index is 1580. The third-order valence-corrected chi connectivity index (χ3v) is 5.98. The molecule has 1 heterocycles. The van der Waals surface area contributed by atoms with Crippen LogP contribution in [0.25, 0.3) is 22.6 Å². The molecule has 0 saturated carbocycles. The smallest absolute Gasteiger partial charge is 0.257 e. The number of hydrogen-bond acceptors (Lipinski definition) is 5. The minimum atomic E-state index is -0.312. The second kappa shape index (κ2) is 10.6. The molecule has 0 unspecified atom stereocenters. The topological polar surface area (TPSA) is 76.4 Å². The summed E-state index contributed by atoms with van der Waals surface area (Å²) < 4.78 is 11.8. The van der Waals surface area contributed by atoms with Crippen LogP contribution in [0.3, 0.4) is 0 Å². The van der Waals surface area contributed by atoms with E-state index in [0.717, 1.165) is 33.4 Å². The van der Waals surface area contributed by atoms with Gasteiger partial charge in [0.2, 0.25) is 5.89 Å². The molecule has 1 aromatic heterocycles. The van der Waals surface area contributed by atoms with Crippen LogP contribution in [0.15, 0.2) is 95.4 Å². The summed E-state index contributed by atoms with van der Waals surface area (Å²) in [4.78, 5) is 17.3. The highest BCUT2D eigenvalue weighted by molar-refractivity contribution is 7.80. The molecule has 0 radical (unpaired) electrons. The molecular weight excluding hydrogens is 482 g/mol. The number of hydrogen-bond donors (Lipinski definition) is 2. The van der Waals surface area contributed by atoms with Gasteiger partial charge in [0.25, 0.3) is 5.91 Å². The number of aryl methyl sites for hydroxylation is 2. The van der Waals surface area contributed by atoms with E-state index in [9.17, 15) is 4.79 Å². The molecule has 2 N–H and O–H groups in total. The van der Waals surface area contributed by atoms with Gasteiger partial charge >= 0.3 is 0 Å². The van der Waals surface area contributed by atoms with Crippen LogP contribution in [0.1, 0.15) is 27.0 Å². The number of anilines is 1. The van der Waals surface area contributed by atoms with Crippen molar-refractivity contribution in [3.8, 4) is 17.2 Å². The average Bonchev–Trinajstić information content (AvgIpc) is 3.33. The fourth-order valence-corrected chi connectivity index (χ4v) is 4.22. The predicted molar refractivity (Wildman–Crippen MR) is 150 cm³/mol. The maximum Gasteiger partial charge on any atom is 0.257 e. The first kappa shape index (κ1) is 24.2. The molecule has 0 spiro atoms. The van der Waals surface area contributed by atoms with E-state index in [1.165, 1.54) is 0 Å². The molecule has 0 aliphatic rings. The number of oxazole rings is 1. The Morgan fingerprint density at radius 1 is 0.946 bits per heavy atom. The van der Waals surface area contributed by atoms with E-state index in [4.69, 9.17) is 21.4 Å². The monoisotopic (exact) mass is 507 g/mol. The van der Waals surface area contributed by atoms with Crippen molar-refractivity contribution in [1.29, 1.82) is 0 Å². The summed E-state index contributed by atoms with van der Waals surface area (Å²) in [5, 5.41) is 5.97. The number of rotatable bonds is 6. The number of aromatic nitrogens is 1. The van der Waals surface area contributed by atoms with Gasteiger partial charge in [0.1, 0.15) is 17.9 Å². The molecule has 0 saturated heterocycles. The van der Waals surface area contributed by atoms with Crippen LogP contribution in [-0.2, 0) is 6.61 Å². The molecule has 0 atom stereocenters. The third-order valence-electron chi connectivity index (χ3n) is 5.78. The van der Waals surface area contributed by atoms with E-state index in [-0.39, 0.29) is 11.0 Å². The van der Waals surface area contributed by atoms with E-state index >= 15 is 0 Å². The quantitative estimate of drug-likeness (QED) is 0.246. The summed E-state index contributed by atoms with van der Waals surface area (Å²) >= 11 is 5.37. The number of carbonyl (C=O) groups excluding carboxylic acids is 1. The number of benzene rings is 4. The van der Waals surface area contributed by atoms with Gasteiger partial charge in [-0.1, -0.05) is 42.5 Å². The fraction of sp³-hybridized carbons (Fsp3) is 0.100. The molecule has 0 bridgehead atoms. The lowest BCUT2D eigenvalue weighted by Gasteiger charge is -2.11. The van der Waals surface area contributed by atoms with Crippen LogP contribution in [0.4, 0.5) is 5.69 Å². The van der Waals surface area contributed by atoms with E-state index < -0.39 is 0 Å². The zero-order valence-electron chi connectivity index (χ0n) is 20.4. The number of thiocarbonyl (C=S) groups is 1. The first-order valence-electron chi connectivity index (χ1n) is 11.8. The standard InChI is InChI=1S/C30H25N3O3S/c1-19-15-20(2)27-26(16-19)32-29(36-27)23-9-6-10-24(17-23)31-30(37)33-28(34)22-11-13-25(14-12-22)35-18-21-7-4-3-5-8-21/h3-17H,18H2,1-2H3,(H2,31,33,34,37). The van der Waals surface area contributed by atoms with Gasteiger partial charge in [0, 0.05) is 16.8 Å². The summed E-state index contributed by atoms with van der Waals surface area (Å²) in [7, 11) is 0. The van der Waals surface area contributed by atoms with E-state index in [2.05, 4.69) is 21.7 Å². The average molecular weight is 508 g/mol. The van der Waals surface area contributed by atoms with Crippen molar-refractivity contribution in [3.63, 3.8) is 0 Å². The minimum absolute atomic E-state index is 0.190. The summed E-state index contributed by atoms with van der Waals surface area (Å²) in [6.45, 7) is 4.51. The van der Waals surface area contributed by atoms with Crippen molar-refractivity contribution < 1.29 is 13.9 Å². The zero-order valence-corrected chi connectivity index (χ0v) is 21.3. The Morgan fingerprint density at radius 3 is 2.51 bits per heavy atom. The molecule has 5 rings (SSSR count). The van der Waals surface area contributed by atoms with E-state index in [1.54, 1.807) is 24.3 Å². The second-order valence-electron chi connectivity index (χ2n) is 8.74. The van der Waals surface area contributed by atoms with Gasteiger partial charge in [-0.15, -0.1) is 0 Å². The zero-order chi connectivity index (χ0) is 25.8. The van der Waals surface area contributed by atoms with Crippen molar-refractivity contribution in [1.82, 2.24) is 10.3 Å². The van der Waals surface area contributed by atoms with Crippen molar-refractivity contribution in [2.24, 2.45) is 0 Å². The van der Waals surface area contributed by atoms with Crippen molar-refractivity contribution in [2.75, 3.05) is 5.32 Å². The molecule has 37 heavy (non-hydrogen) atoms. The second-order valence-corrected chi connectivity index (χ2v) is 9.15. The molecule has 0 fully saturated rings. The Kier molecular flexibility index (Phi) is 6.96. The van der Waals surface area contributed by atoms with Gasteiger partial charge in [-0.05, 0) is 91.3 Å². The highest BCUT2D eigenvalue weighted by Gasteiger charge is 2.13. The number of ether oxygens (including phenoxy) is 1. The van der Waals surface area contributed by atoms with Crippen LogP contribution < -0.4 is 15.4 Å². The molecule has 0 aliphatic heterocycles. The normalized spacial score (nSPS) is 10.8. The molecule has 1 amide bonds. The Morgan fingerprint density at radius 2 is 1.73 bits per heavy atom. The number of amides is 1. The van der Waals surface area contributed by atoms with Crippen molar-refractivity contribution >= 4 is 40.0 Å². The molecule has 184 valence electrons. The van der Waals surface area contributed by atoms with Crippen molar-refractivity contribution in [3.05, 3.63) is 113 Å². The van der Waals surface area contributed by atoms with Crippen LogP contribution in [0, 0.1) is 13.8 Å². The Labute approximate surface area is 220 Å². The SMILES string of the molecule is Cc1cc(C)c2oc(-c3cccc(NC(=S)NC(=O)c4ccc(OCc5ccccc5)cc4)c3)nc2c1. The lowest BCUT2D eigenvalue weighted by atomic mass is 10.1. The predicted octanol–water partition coefficient (Wildman–Crippen LogP) is 6.82. The lowest BCUT2D eigenvalue weighted by molar-refractivity contribution is 0.0977. The van der Waals surface area contributed by atoms with Gasteiger partial charge in [-0.3, -0.25) is 10.1 Å². The number of carbonyl (C=O) groups is 1. The van der Waals surface area contributed by atoms with Gasteiger partial charge in [-0.25, -0.2) is 4.98 Å². The van der Waals surface area contributed by atoms with Crippen LogP contribution in [0.2, 0.25) is 0 Å². The van der Waals surface area contributed by atoms with Crippen LogP contribution in [-0.4, -0.2) is 16.0 Å². The first-order chi connectivity index (χ1) is 17.9. The molecular formula is C30H25N3O3S. The van der Waals surface area contributed by atoms with Crippen LogP contribution >= 0.6 is 12.2 Å². The molecule has 6 nitrogen and oxygen atoms in total. The molecule has 0 aliphatic carbocycles. The molecule has 7 heteroatoms. The number of nitrogens with zero attached hydrogens (tertiary/aromatic N) is 1. The highest BCUT2D eigenvalue weighted by Crippen LogP contribution is 2.28. The van der Waals surface area contributed by atoms with Gasteiger partial charge in [-0.2, -0.15) is 0 Å². The number of fused-ring (bicyclic) bond motifs is 1. The van der Waals surface area contributed by atoms with E-state index in [1.807, 2.05) is 74.5 Å². The van der Waals surface area contributed by atoms with Crippen molar-refractivity contribution in [2.45, 2.75) is 20.5 Å². The minimum Gasteiger partial charge on any atom is -0.489 e. The Hall–Kier alpha value is -4.49. The largest absolute Gasteiger partial charge is 0.489 e. The molecule has 4 aromatic carbocycles. The first-order valence-corrected chi connectivity index (χ1v) is 12.2. The van der Waals surface area contributed by atoms with Gasteiger partial charge < -0.3 is 14.5 Å². The summed E-state index contributed by atoms with van der Waals surface area (Å²) in [5.74, 6) is 0.896. The number of nitrogens with one attached hydrogen (secondary N) is 2. The third kappa shape index (κ3) is 5.85. The Balaban J connectivity index is 1.20. The van der Waals surface area contributed by atoms with Gasteiger partial charge in [0.05, 0.1) is 0 Å². The summed E-state index contributed by atoms with van der Waals surface area (Å²) in [6.07, 6.45) is 0. The summed E-state index contributed by atoms with van der Waals surface area (Å²) in [5.41, 5.74) is 6.84. The summed E-state index contributed by atoms with van der Waals surface area (Å²) in [6, 6.07) is 28.5. The molecule has 5 aromatic rings. The maximum atomic E-state index is 12.7. The van der Waals surface area contributed by atoms with E-state index in [0.29, 0.717) is 29.5 Å². The van der Waals surface area contributed by atoms with Gasteiger partial charge in [0.15, 0.2) is 10.7 Å². The lowest BCUT2D eigenvalue weighted by Crippen LogP contribution is -2.34. The maximum absolute atomic E-state index is 12.7.